The van der Waals surface area contributed by atoms with E-state index in [0.29, 0.717) is 27.0 Å². The fourth-order valence-corrected chi connectivity index (χ4v) is 7.29. The van der Waals surface area contributed by atoms with Crippen LogP contribution in [0.3, 0.4) is 0 Å². The lowest BCUT2D eigenvalue weighted by molar-refractivity contribution is -0.142. The highest BCUT2D eigenvalue weighted by atomic mass is 79.9. The number of hydrogen-bond acceptors (Lipinski definition) is 4. The van der Waals surface area contributed by atoms with Crippen LogP contribution in [0.4, 0.5) is 0 Å². The molecule has 0 radical (unpaired) electrons. The van der Waals surface area contributed by atoms with Crippen LogP contribution in [0.5, 0.6) is 0 Å². The number of halogens is 2. The van der Waals surface area contributed by atoms with Gasteiger partial charge in [-0.15, -0.1) is 11.3 Å². The third-order valence-corrected chi connectivity index (χ3v) is 7.60. The topological polar surface area (TPSA) is 74.7 Å². The molecule has 1 unspecified atom stereocenters. The lowest BCUT2D eigenvalue weighted by Crippen LogP contribution is -2.42. The average molecular weight is 433 g/mol. The summed E-state index contributed by atoms with van der Waals surface area (Å²) < 4.78 is 27.5. The summed E-state index contributed by atoms with van der Waals surface area (Å²) in [4.78, 5) is 11.2. The van der Waals surface area contributed by atoms with Crippen LogP contribution in [0.2, 0.25) is 0 Å². The molecule has 0 amide bonds. The van der Waals surface area contributed by atoms with Gasteiger partial charge in [-0.05, 0) is 50.8 Å². The van der Waals surface area contributed by atoms with Crippen LogP contribution >= 0.6 is 43.2 Å². The van der Waals surface area contributed by atoms with Crippen molar-refractivity contribution in [1.29, 1.82) is 0 Å². The SMILES string of the molecule is O=C(O)C1CCCN(S(=O)(=O)c2cc(Br)sc2Br)C1. The van der Waals surface area contributed by atoms with E-state index in [1.54, 1.807) is 0 Å². The van der Waals surface area contributed by atoms with Crippen LogP contribution < -0.4 is 0 Å². The van der Waals surface area contributed by atoms with E-state index in [1.165, 1.54) is 21.7 Å². The second kappa shape index (κ2) is 5.80. The molecule has 0 aliphatic carbocycles. The Morgan fingerprint density at radius 3 is 2.68 bits per heavy atom. The molecule has 1 fully saturated rings. The maximum atomic E-state index is 12.5. The number of carbonyl (C=O) groups is 1. The number of thiophene rings is 1. The Bertz CT molecular complexity index is 599. The average Bonchev–Trinajstić information content (AvgIpc) is 2.69. The normalized spacial score (nSPS) is 21.5. The van der Waals surface area contributed by atoms with Crippen molar-refractivity contribution < 1.29 is 18.3 Å². The van der Waals surface area contributed by atoms with Gasteiger partial charge in [-0.2, -0.15) is 4.31 Å². The number of rotatable bonds is 3. The van der Waals surface area contributed by atoms with Crippen molar-refractivity contribution >= 4 is 59.2 Å². The van der Waals surface area contributed by atoms with Crippen LogP contribution in [-0.2, 0) is 14.8 Å². The Morgan fingerprint density at radius 2 is 2.16 bits per heavy atom. The zero-order valence-corrected chi connectivity index (χ0v) is 14.5. The highest BCUT2D eigenvalue weighted by Crippen LogP contribution is 2.37. The van der Waals surface area contributed by atoms with Gasteiger partial charge in [0.05, 0.1) is 13.5 Å². The molecule has 1 atom stereocenters. The molecule has 0 spiro atoms. The highest BCUT2D eigenvalue weighted by Gasteiger charge is 2.34. The van der Waals surface area contributed by atoms with Gasteiger partial charge in [0.15, 0.2) is 0 Å². The smallest absolute Gasteiger partial charge is 0.307 e. The summed E-state index contributed by atoms with van der Waals surface area (Å²) >= 11 is 7.75. The molecule has 1 aromatic rings. The first-order chi connectivity index (χ1) is 8.82. The van der Waals surface area contributed by atoms with Gasteiger partial charge in [-0.3, -0.25) is 4.79 Å². The Labute approximate surface area is 131 Å². The van der Waals surface area contributed by atoms with Gasteiger partial charge in [-0.1, -0.05) is 0 Å². The number of hydrogen-bond donors (Lipinski definition) is 1. The zero-order chi connectivity index (χ0) is 14.2. The number of nitrogens with zero attached hydrogens (tertiary/aromatic N) is 1. The number of carboxylic acids is 1. The Balaban J connectivity index is 2.29. The summed E-state index contributed by atoms with van der Waals surface area (Å²) in [5.74, 6) is -1.56. The van der Waals surface area contributed by atoms with Gasteiger partial charge < -0.3 is 5.11 Å². The molecular formula is C10H11Br2NO4S2. The first-order valence-electron chi connectivity index (χ1n) is 5.50. The second-order valence-corrected chi connectivity index (χ2v) is 9.88. The first-order valence-corrected chi connectivity index (χ1v) is 9.34. The molecule has 2 heterocycles. The van der Waals surface area contributed by atoms with E-state index in [4.69, 9.17) is 5.11 Å². The molecule has 1 N–H and O–H groups in total. The summed E-state index contributed by atoms with van der Waals surface area (Å²) in [7, 11) is -3.63. The molecule has 0 aromatic carbocycles. The van der Waals surface area contributed by atoms with E-state index < -0.39 is 21.9 Å². The summed E-state index contributed by atoms with van der Waals surface area (Å²) in [6.07, 6.45) is 1.09. The van der Waals surface area contributed by atoms with Crippen molar-refractivity contribution in [1.82, 2.24) is 4.31 Å². The number of carboxylic acid groups (broad SMARTS) is 1. The molecule has 1 aromatic heterocycles. The van der Waals surface area contributed by atoms with E-state index in [9.17, 15) is 13.2 Å². The van der Waals surface area contributed by atoms with Crippen molar-refractivity contribution in [2.24, 2.45) is 5.92 Å². The minimum atomic E-state index is -3.63. The van der Waals surface area contributed by atoms with E-state index >= 15 is 0 Å². The molecule has 19 heavy (non-hydrogen) atoms. The molecular weight excluding hydrogens is 422 g/mol. The molecule has 1 aliphatic heterocycles. The summed E-state index contributed by atoms with van der Waals surface area (Å²) in [5.41, 5.74) is 0. The predicted octanol–water partition coefficient (Wildman–Crippen LogP) is 2.76. The number of piperidine rings is 1. The van der Waals surface area contributed by atoms with Gasteiger partial charge in [0.1, 0.15) is 4.90 Å². The van der Waals surface area contributed by atoms with Crippen LogP contribution in [0, 0.1) is 5.92 Å². The van der Waals surface area contributed by atoms with Crippen LogP contribution in [0.1, 0.15) is 12.8 Å². The minimum absolute atomic E-state index is 0.0393. The zero-order valence-electron chi connectivity index (χ0n) is 9.67. The third kappa shape index (κ3) is 3.21. The molecule has 0 saturated carbocycles. The largest absolute Gasteiger partial charge is 0.481 e. The lowest BCUT2D eigenvalue weighted by atomic mass is 10.0. The van der Waals surface area contributed by atoms with Crippen LogP contribution in [-0.4, -0.2) is 36.9 Å². The second-order valence-electron chi connectivity index (χ2n) is 4.23. The van der Waals surface area contributed by atoms with Crippen molar-refractivity contribution in [2.45, 2.75) is 17.7 Å². The Hall–Kier alpha value is 0.0400. The monoisotopic (exact) mass is 431 g/mol. The summed E-state index contributed by atoms with van der Waals surface area (Å²) in [5, 5.41) is 9.01. The van der Waals surface area contributed by atoms with E-state index in [0.717, 1.165) is 0 Å². The minimum Gasteiger partial charge on any atom is -0.481 e. The maximum absolute atomic E-state index is 12.5. The van der Waals surface area contributed by atoms with Crippen LogP contribution in [0.15, 0.2) is 18.5 Å². The molecule has 0 bridgehead atoms. The lowest BCUT2D eigenvalue weighted by Gasteiger charge is -2.29. The third-order valence-electron chi connectivity index (χ3n) is 2.98. The quantitative estimate of drug-likeness (QED) is 0.796. The molecule has 1 saturated heterocycles. The van der Waals surface area contributed by atoms with Gasteiger partial charge in [0.25, 0.3) is 0 Å². The first kappa shape index (κ1) is 15.4. The fraction of sp³-hybridized carbons (Fsp3) is 0.500. The molecule has 5 nitrogen and oxygen atoms in total. The number of sulfonamides is 1. The molecule has 2 rings (SSSR count). The van der Waals surface area contributed by atoms with Crippen molar-refractivity contribution in [3.05, 3.63) is 13.6 Å². The predicted molar refractivity (Wildman–Crippen MR) is 78.8 cm³/mol. The maximum Gasteiger partial charge on any atom is 0.307 e. The van der Waals surface area contributed by atoms with E-state index in [-0.39, 0.29) is 11.4 Å². The molecule has 1 aliphatic rings. The molecule has 106 valence electrons. The van der Waals surface area contributed by atoms with Gasteiger partial charge in [0, 0.05) is 13.1 Å². The summed E-state index contributed by atoms with van der Waals surface area (Å²) in [6.45, 7) is 0.406. The van der Waals surface area contributed by atoms with Crippen molar-refractivity contribution in [3.8, 4) is 0 Å². The standard InChI is InChI=1S/C10H11Br2NO4S2/c11-8-4-7(9(12)18-8)19(16,17)13-3-1-2-6(5-13)10(14)15/h4,6H,1-3,5H2,(H,14,15). The van der Waals surface area contributed by atoms with Gasteiger partial charge in [-0.25, -0.2) is 8.42 Å². The summed E-state index contributed by atoms with van der Waals surface area (Å²) in [6, 6.07) is 1.54. The fourth-order valence-electron chi connectivity index (χ4n) is 2.00. The van der Waals surface area contributed by atoms with E-state index in [1.807, 2.05) is 0 Å². The number of aliphatic carboxylic acids is 1. The Kier molecular flexibility index (Phi) is 4.71. The van der Waals surface area contributed by atoms with Gasteiger partial charge in [0.2, 0.25) is 10.0 Å². The van der Waals surface area contributed by atoms with Gasteiger partial charge >= 0.3 is 5.97 Å². The molecule has 9 heteroatoms. The Morgan fingerprint density at radius 1 is 1.47 bits per heavy atom. The van der Waals surface area contributed by atoms with Crippen molar-refractivity contribution in [2.75, 3.05) is 13.1 Å². The van der Waals surface area contributed by atoms with Crippen LogP contribution in [0.25, 0.3) is 0 Å². The highest BCUT2D eigenvalue weighted by molar-refractivity contribution is 9.12. The van der Waals surface area contributed by atoms with E-state index in [2.05, 4.69) is 31.9 Å². The van der Waals surface area contributed by atoms with Crippen molar-refractivity contribution in [3.63, 3.8) is 0 Å².